The standard InChI is InChI=1S/C16H33O5P.Na.H/c1-2-3-4-5-6-7-8-9-10-11-12-13-14-15-16(17)21-22(18,19)20;;/h2-15H2,1H3,(H2,18,19,20);;/q;+1;-1. The minimum Gasteiger partial charge on any atom is -1.00 e. The predicted octanol–water partition coefficient (Wildman–Crippen LogP) is 2.22. The van der Waals surface area contributed by atoms with E-state index in [-0.39, 0.29) is 37.4 Å². The molecule has 0 fully saturated rings. The number of hydrogen-bond acceptors (Lipinski definition) is 3. The van der Waals surface area contributed by atoms with Gasteiger partial charge in [0.1, 0.15) is 0 Å². The molecule has 0 saturated heterocycles. The molecule has 0 spiro atoms. The van der Waals surface area contributed by atoms with Crippen molar-refractivity contribution in [3.8, 4) is 0 Å². The Hall–Kier alpha value is 0.620. The fourth-order valence-corrected chi connectivity index (χ4v) is 2.82. The van der Waals surface area contributed by atoms with Crippen molar-refractivity contribution in [2.24, 2.45) is 0 Å². The first-order valence-corrected chi connectivity index (χ1v) is 10.3. The Bertz CT molecular complexity index is 326. The van der Waals surface area contributed by atoms with Crippen LogP contribution in [0.5, 0.6) is 0 Å². The number of phosphoric acid groups is 1. The molecule has 0 aromatic rings. The van der Waals surface area contributed by atoms with Gasteiger partial charge < -0.3 is 5.95 Å². The predicted molar refractivity (Wildman–Crippen MR) is 89.6 cm³/mol. The molecule has 0 heterocycles. The molecular formula is C16H34NaO5P. The summed E-state index contributed by atoms with van der Waals surface area (Å²) in [6.07, 6.45) is 15.8. The van der Waals surface area contributed by atoms with Gasteiger partial charge in [0.25, 0.3) is 0 Å². The number of rotatable bonds is 15. The third-order valence-electron chi connectivity index (χ3n) is 3.71. The van der Waals surface area contributed by atoms with Gasteiger partial charge in [-0.05, 0) is 6.42 Å². The molecule has 0 aromatic carbocycles. The van der Waals surface area contributed by atoms with Gasteiger partial charge in [-0.25, -0.2) is 4.57 Å². The van der Waals surface area contributed by atoms with E-state index in [0.717, 1.165) is 12.8 Å². The van der Waals surface area contributed by atoms with Crippen LogP contribution in [0.4, 0.5) is 0 Å². The molecule has 0 aromatic heterocycles. The van der Waals surface area contributed by atoms with Gasteiger partial charge in [0.05, 0.1) is 0 Å². The summed E-state index contributed by atoms with van der Waals surface area (Å²) in [6, 6.07) is 0. The second-order valence-corrected chi connectivity index (χ2v) is 7.11. The van der Waals surface area contributed by atoms with Crippen LogP contribution < -0.4 is 29.6 Å². The maximum absolute atomic E-state index is 11.0. The maximum atomic E-state index is 11.0. The Kier molecular flexibility index (Phi) is 19.6. The van der Waals surface area contributed by atoms with Crippen molar-refractivity contribution >= 4 is 13.8 Å². The van der Waals surface area contributed by atoms with Crippen LogP contribution in [-0.2, 0) is 13.9 Å². The van der Waals surface area contributed by atoms with E-state index in [4.69, 9.17) is 9.79 Å². The second kappa shape index (κ2) is 17.4. The molecule has 5 nitrogen and oxygen atoms in total. The molecule has 134 valence electrons. The van der Waals surface area contributed by atoms with Gasteiger partial charge in [0.15, 0.2) is 0 Å². The Morgan fingerprint density at radius 2 is 1.17 bits per heavy atom. The van der Waals surface area contributed by atoms with Crippen LogP contribution in [0.25, 0.3) is 0 Å². The first-order valence-electron chi connectivity index (χ1n) is 8.73. The summed E-state index contributed by atoms with van der Waals surface area (Å²) in [4.78, 5) is 28.0. The molecule has 7 heteroatoms. The van der Waals surface area contributed by atoms with E-state index >= 15 is 0 Å². The van der Waals surface area contributed by atoms with Crippen molar-refractivity contribution in [2.45, 2.75) is 96.8 Å². The summed E-state index contributed by atoms with van der Waals surface area (Å²) in [5.74, 6) is -0.809. The maximum Gasteiger partial charge on any atom is 1.00 e. The van der Waals surface area contributed by atoms with Gasteiger partial charge in [-0.15, -0.1) is 0 Å². The molecule has 0 aliphatic carbocycles. The normalized spacial score (nSPS) is 11.1. The fraction of sp³-hybridized carbons (Fsp3) is 0.938. The Labute approximate surface area is 165 Å². The Balaban J connectivity index is -0.00000220. The van der Waals surface area contributed by atoms with E-state index in [1.807, 2.05) is 0 Å². The van der Waals surface area contributed by atoms with Crippen LogP contribution in [-0.4, -0.2) is 15.8 Å². The van der Waals surface area contributed by atoms with Crippen LogP contribution in [0.15, 0.2) is 0 Å². The average molecular weight is 360 g/mol. The Morgan fingerprint density at radius 1 is 0.826 bits per heavy atom. The molecule has 0 aliphatic heterocycles. The summed E-state index contributed by atoms with van der Waals surface area (Å²) in [6.45, 7) is 2.24. The minimum atomic E-state index is -4.66. The molecule has 2 N–H and O–H groups in total. The van der Waals surface area contributed by atoms with Crippen LogP contribution >= 0.6 is 7.82 Å². The molecule has 0 bridgehead atoms. The van der Waals surface area contributed by atoms with Crippen molar-refractivity contribution in [2.75, 3.05) is 0 Å². The zero-order valence-corrected chi connectivity index (χ0v) is 17.9. The van der Waals surface area contributed by atoms with Gasteiger partial charge in [-0.2, -0.15) is 0 Å². The summed E-state index contributed by atoms with van der Waals surface area (Å²) in [5, 5.41) is 0. The van der Waals surface area contributed by atoms with Crippen molar-refractivity contribution in [3.63, 3.8) is 0 Å². The molecular weight excluding hydrogens is 326 g/mol. The van der Waals surface area contributed by atoms with Crippen molar-refractivity contribution in [1.29, 1.82) is 0 Å². The van der Waals surface area contributed by atoms with Gasteiger partial charge >= 0.3 is 43.3 Å². The smallest absolute Gasteiger partial charge is 1.00 e. The van der Waals surface area contributed by atoms with Crippen molar-refractivity contribution in [3.05, 3.63) is 0 Å². The third kappa shape index (κ3) is 22.6. The Morgan fingerprint density at radius 3 is 1.52 bits per heavy atom. The molecule has 0 saturated carbocycles. The molecule has 0 atom stereocenters. The monoisotopic (exact) mass is 360 g/mol. The first-order chi connectivity index (χ1) is 10.5. The SMILES string of the molecule is CCCCCCCCCCCCCCCC(=O)OP(=O)(O)O.[H-].[Na+]. The average Bonchev–Trinajstić information content (AvgIpc) is 2.42. The van der Waals surface area contributed by atoms with E-state index in [2.05, 4.69) is 11.4 Å². The first kappa shape index (κ1) is 25.9. The van der Waals surface area contributed by atoms with Crippen LogP contribution in [0.1, 0.15) is 98.2 Å². The summed E-state index contributed by atoms with van der Waals surface area (Å²) in [5.41, 5.74) is 0. The molecule has 23 heavy (non-hydrogen) atoms. The van der Waals surface area contributed by atoms with Gasteiger partial charge in [-0.1, -0.05) is 84.0 Å². The van der Waals surface area contributed by atoms with E-state index in [9.17, 15) is 9.36 Å². The van der Waals surface area contributed by atoms with Crippen LogP contribution in [0.2, 0.25) is 0 Å². The van der Waals surface area contributed by atoms with Crippen molar-refractivity contribution in [1.82, 2.24) is 0 Å². The largest absolute Gasteiger partial charge is 1.00 e. The van der Waals surface area contributed by atoms with E-state index < -0.39 is 13.8 Å². The summed E-state index contributed by atoms with van der Waals surface area (Å²) in [7, 11) is -4.66. The number of hydrogen-bond donors (Lipinski definition) is 2. The number of carbonyl (C=O) groups is 1. The molecule has 0 unspecified atom stereocenters. The minimum absolute atomic E-state index is 0. The second-order valence-electron chi connectivity index (χ2n) is 5.95. The summed E-state index contributed by atoms with van der Waals surface area (Å²) >= 11 is 0. The van der Waals surface area contributed by atoms with E-state index in [1.165, 1.54) is 64.2 Å². The van der Waals surface area contributed by atoms with Gasteiger partial charge in [0.2, 0.25) is 0 Å². The quantitative estimate of drug-likeness (QED) is 0.266. The van der Waals surface area contributed by atoms with Crippen molar-refractivity contribution < 1.29 is 54.7 Å². The zero-order chi connectivity index (χ0) is 16.7. The molecule has 0 amide bonds. The van der Waals surface area contributed by atoms with E-state index in [1.54, 1.807) is 0 Å². The van der Waals surface area contributed by atoms with Gasteiger partial charge in [-0.3, -0.25) is 14.6 Å². The van der Waals surface area contributed by atoms with Crippen LogP contribution in [0, 0.1) is 0 Å². The third-order valence-corrected chi connectivity index (χ3v) is 4.15. The zero-order valence-electron chi connectivity index (χ0n) is 16.0. The number of carbonyl (C=O) groups excluding carboxylic acids is 1. The number of phosphoric ester groups is 1. The molecule has 0 rings (SSSR count). The summed E-state index contributed by atoms with van der Waals surface area (Å²) < 4.78 is 14.4. The van der Waals surface area contributed by atoms with E-state index in [0.29, 0.717) is 6.42 Å². The fourth-order valence-electron chi connectivity index (χ4n) is 2.47. The molecule has 0 radical (unpaired) electrons. The molecule has 0 aliphatic rings. The topological polar surface area (TPSA) is 83.8 Å². The number of unbranched alkanes of at least 4 members (excludes halogenated alkanes) is 12. The van der Waals surface area contributed by atoms with Crippen LogP contribution in [0.3, 0.4) is 0 Å². The van der Waals surface area contributed by atoms with Gasteiger partial charge in [0, 0.05) is 6.42 Å².